The summed E-state index contributed by atoms with van der Waals surface area (Å²) in [7, 11) is 0. The molecule has 0 aliphatic heterocycles. The lowest BCUT2D eigenvalue weighted by molar-refractivity contribution is 0.0947. The molecule has 0 atom stereocenters. The van der Waals surface area contributed by atoms with Gasteiger partial charge in [-0.2, -0.15) is 0 Å². The van der Waals surface area contributed by atoms with Crippen LogP contribution in [0.25, 0.3) is 0 Å². The lowest BCUT2D eigenvalue weighted by atomic mass is 10.1. The third kappa shape index (κ3) is 6.80. The zero-order valence-electron chi connectivity index (χ0n) is 16.7. The van der Waals surface area contributed by atoms with Crippen LogP contribution in [0.2, 0.25) is 5.02 Å². The van der Waals surface area contributed by atoms with Crippen molar-refractivity contribution in [3.05, 3.63) is 45.4 Å². The Morgan fingerprint density at radius 2 is 2.00 bits per heavy atom. The van der Waals surface area contributed by atoms with Gasteiger partial charge in [-0.05, 0) is 44.4 Å². The third-order valence-corrected chi connectivity index (χ3v) is 5.13. The second-order valence-corrected chi connectivity index (χ2v) is 8.61. The van der Waals surface area contributed by atoms with Gasteiger partial charge in [-0.1, -0.05) is 31.5 Å². The van der Waals surface area contributed by atoms with Gasteiger partial charge in [0.25, 0.3) is 5.91 Å². The van der Waals surface area contributed by atoms with Crippen LogP contribution in [0.4, 0.5) is 10.5 Å². The van der Waals surface area contributed by atoms with Crippen LogP contribution >= 0.6 is 22.9 Å². The van der Waals surface area contributed by atoms with Crippen LogP contribution in [-0.2, 0) is 6.54 Å². The Labute approximate surface area is 175 Å². The van der Waals surface area contributed by atoms with Crippen molar-refractivity contribution in [1.82, 2.24) is 15.2 Å². The van der Waals surface area contributed by atoms with Crippen molar-refractivity contribution in [1.29, 1.82) is 0 Å². The van der Waals surface area contributed by atoms with Gasteiger partial charge in [0.2, 0.25) is 0 Å². The first-order chi connectivity index (χ1) is 13.3. The Hall–Kier alpha value is -2.12. The highest BCUT2D eigenvalue weighted by atomic mass is 35.5. The number of aromatic nitrogens is 1. The fourth-order valence-electron chi connectivity index (χ4n) is 2.45. The van der Waals surface area contributed by atoms with E-state index in [1.54, 1.807) is 34.5 Å². The molecule has 0 saturated carbocycles. The van der Waals surface area contributed by atoms with Crippen molar-refractivity contribution in [3.63, 3.8) is 0 Å². The summed E-state index contributed by atoms with van der Waals surface area (Å²) in [6.07, 6.45) is 0.924. The highest BCUT2D eigenvalue weighted by Crippen LogP contribution is 2.18. The van der Waals surface area contributed by atoms with Gasteiger partial charge in [0.15, 0.2) is 0 Å². The first-order valence-corrected chi connectivity index (χ1v) is 10.6. The van der Waals surface area contributed by atoms with Gasteiger partial charge in [-0.25, -0.2) is 9.78 Å². The van der Waals surface area contributed by atoms with Crippen LogP contribution in [0.5, 0.6) is 0 Å². The number of hydrogen-bond acceptors (Lipinski definition) is 4. The minimum absolute atomic E-state index is 0.0357. The second kappa shape index (κ2) is 10.4. The van der Waals surface area contributed by atoms with Crippen LogP contribution in [0, 0.1) is 5.92 Å². The number of thiazole rings is 1. The predicted molar refractivity (Wildman–Crippen MR) is 115 cm³/mol. The highest BCUT2D eigenvalue weighted by Gasteiger charge is 2.20. The first kappa shape index (κ1) is 22.2. The van der Waals surface area contributed by atoms with Crippen molar-refractivity contribution < 1.29 is 9.59 Å². The number of halogens is 1. The maximum Gasteiger partial charge on any atom is 0.322 e. The van der Waals surface area contributed by atoms with Crippen LogP contribution in [0.3, 0.4) is 0 Å². The highest BCUT2D eigenvalue weighted by molar-refractivity contribution is 7.09. The number of amides is 3. The molecule has 1 aromatic heterocycles. The van der Waals surface area contributed by atoms with E-state index in [-0.39, 0.29) is 18.0 Å². The van der Waals surface area contributed by atoms with E-state index in [1.807, 2.05) is 13.8 Å². The Balaban J connectivity index is 1.99. The largest absolute Gasteiger partial charge is 0.351 e. The van der Waals surface area contributed by atoms with Crippen LogP contribution < -0.4 is 10.6 Å². The fourth-order valence-corrected chi connectivity index (χ4v) is 3.41. The molecule has 2 aromatic rings. The number of rotatable bonds is 8. The Morgan fingerprint density at radius 1 is 1.25 bits per heavy atom. The maximum absolute atomic E-state index is 12.7. The summed E-state index contributed by atoms with van der Waals surface area (Å²) >= 11 is 7.35. The smallest absolute Gasteiger partial charge is 0.322 e. The van der Waals surface area contributed by atoms with Crippen molar-refractivity contribution in [2.24, 2.45) is 5.92 Å². The lowest BCUT2D eigenvalue weighted by Crippen LogP contribution is -2.39. The molecule has 0 radical (unpaired) electrons. The minimum Gasteiger partial charge on any atom is -0.351 e. The predicted octanol–water partition coefficient (Wildman–Crippen LogP) is 5.01. The van der Waals surface area contributed by atoms with Gasteiger partial charge in [0.1, 0.15) is 10.7 Å². The normalized spacial score (nSPS) is 11.0. The summed E-state index contributed by atoms with van der Waals surface area (Å²) < 4.78 is 0. The van der Waals surface area contributed by atoms with Crippen molar-refractivity contribution in [2.45, 2.75) is 46.7 Å². The van der Waals surface area contributed by atoms with Crippen molar-refractivity contribution in [3.8, 4) is 0 Å². The Kier molecular flexibility index (Phi) is 8.26. The van der Waals surface area contributed by atoms with E-state index >= 15 is 0 Å². The number of nitrogens with zero attached hydrogens (tertiary/aromatic N) is 2. The number of anilines is 1. The standard InChI is InChI=1S/C20H27ClN4O2S/c1-13(2)8-9-22-19(26)17-12-28-18(24-17)11-25(14(3)4)20(27)23-16-7-5-6-15(21)10-16/h5-7,10,12-14H,8-9,11H2,1-4H3,(H,22,26)(H,23,27). The quantitative estimate of drug-likeness (QED) is 0.627. The molecule has 1 aromatic carbocycles. The number of urea groups is 1. The van der Waals surface area contributed by atoms with Gasteiger partial charge in [-0.15, -0.1) is 11.3 Å². The summed E-state index contributed by atoms with van der Waals surface area (Å²) in [6, 6.07) is 6.73. The number of carbonyl (C=O) groups excluding carboxylic acids is 2. The summed E-state index contributed by atoms with van der Waals surface area (Å²) in [5, 5.41) is 8.73. The van der Waals surface area contributed by atoms with Gasteiger partial charge in [0.05, 0.1) is 6.54 Å². The minimum atomic E-state index is -0.240. The molecule has 0 aliphatic rings. The molecular formula is C20H27ClN4O2S. The lowest BCUT2D eigenvalue weighted by Gasteiger charge is -2.26. The number of hydrogen-bond donors (Lipinski definition) is 2. The van der Waals surface area contributed by atoms with Crippen LogP contribution in [-0.4, -0.2) is 34.4 Å². The molecule has 0 spiro atoms. The molecule has 2 rings (SSSR count). The Bertz CT molecular complexity index is 807. The fraction of sp³-hybridized carbons (Fsp3) is 0.450. The zero-order chi connectivity index (χ0) is 20.7. The molecule has 0 aliphatic carbocycles. The van der Waals surface area contributed by atoms with E-state index < -0.39 is 0 Å². The number of carbonyl (C=O) groups is 2. The van der Waals surface area contributed by atoms with Gasteiger partial charge >= 0.3 is 6.03 Å². The molecular weight excluding hydrogens is 396 g/mol. The molecule has 3 amide bonds. The summed E-state index contributed by atoms with van der Waals surface area (Å²) in [5.74, 6) is 0.353. The maximum atomic E-state index is 12.7. The SMILES string of the molecule is CC(C)CCNC(=O)c1csc(CN(C(=O)Nc2cccc(Cl)c2)C(C)C)n1. The molecule has 0 bridgehead atoms. The summed E-state index contributed by atoms with van der Waals surface area (Å²) in [5.41, 5.74) is 1.02. The first-order valence-electron chi connectivity index (χ1n) is 9.32. The molecule has 28 heavy (non-hydrogen) atoms. The van der Waals surface area contributed by atoms with E-state index in [4.69, 9.17) is 11.6 Å². The second-order valence-electron chi connectivity index (χ2n) is 7.23. The van der Waals surface area contributed by atoms with Gasteiger partial charge in [-0.3, -0.25) is 4.79 Å². The van der Waals surface area contributed by atoms with E-state index in [2.05, 4.69) is 29.5 Å². The molecule has 0 saturated heterocycles. The molecule has 0 unspecified atom stereocenters. The molecule has 1 heterocycles. The van der Waals surface area contributed by atoms with Gasteiger partial charge < -0.3 is 15.5 Å². The molecule has 0 fully saturated rings. The average molecular weight is 423 g/mol. The van der Waals surface area contributed by atoms with E-state index in [0.717, 1.165) is 6.42 Å². The number of nitrogens with one attached hydrogen (secondary N) is 2. The van der Waals surface area contributed by atoms with Crippen LogP contribution in [0.1, 0.15) is 49.6 Å². The van der Waals surface area contributed by atoms with Crippen molar-refractivity contribution >= 4 is 40.6 Å². The molecule has 2 N–H and O–H groups in total. The van der Waals surface area contributed by atoms with Gasteiger partial charge in [0, 0.05) is 28.7 Å². The van der Waals surface area contributed by atoms with E-state index in [1.165, 1.54) is 11.3 Å². The topological polar surface area (TPSA) is 74.3 Å². The monoisotopic (exact) mass is 422 g/mol. The number of benzene rings is 1. The average Bonchev–Trinajstić information content (AvgIpc) is 3.07. The van der Waals surface area contributed by atoms with E-state index in [0.29, 0.717) is 40.4 Å². The van der Waals surface area contributed by atoms with Crippen molar-refractivity contribution in [2.75, 3.05) is 11.9 Å². The summed E-state index contributed by atoms with van der Waals surface area (Å²) in [6.45, 7) is 9.05. The summed E-state index contributed by atoms with van der Waals surface area (Å²) in [4.78, 5) is 30.9. The zero-order valence-corrected chi connectivity index (χ0v) is 18.2. The molecule has 6 nitrogen and oxygen atoms in total. The van der Waals surface area contributed by atoms with E-state index in [9.17, 15) is 9.59 Å². The molecule has 8 heteroatoms. The Morgan fingerprint density at radius 3 is 2.64 bits per heavy atom. The molecule has 152 valence electrons. The third-order valence-electron chi connectivity index (χ3n) is 4.06. The van der Waals surface area contributed by atoms with Crippen LogP contribution in [0.15, 0.2) is 29.6 Å².